The number of benzene rings is 1. The van der Waals surface area contributed by atoms with Crippen LogP contribution in [0.15, 0.2) is 0 Å². The molecule has 0 spiro atoms. The Morgan fingerprint density at radius 2 is 1.30 bits per heavy atom. The highest BCUT2D eigenvalue weighted by molar-refractivity contribution is 9.09. The van der Waals surface area contributed by atoms with Crippen LogP contribution in [0, 0.1) is 40.4 Å². The number of hydrogen-bond donors (Lipinski definition) is 0. The van der Waals surface area contributed by atoms with E-state index < -0.39 is 34.8 Å². The van der Waals surface area contributed by atoms with Crippen LogP contribution in [0.1, 0.15) is 20.8 Å². The van der Waals surface area contributed by atoms with Crippen molar-refractivity contribution in [2.45, 2.75) is 20.8 Å². The molecule has 0 radical (unpaired) electrons. The van der Waals surface area contributed by atoms with Crippen LogP contribution in [0.3, 0.4) is 0 Å². The molecule has 1 aromatic carbocycles. The van der Waals surface area contributed by atoms with E-state index in [0.717, 1.165) is 0 Å². The molecule has 0 aromatic heterocycles. The lowest BCUT2D eigenvalue weighted by atomic mass is 9.83. The first kappa shape index (κ1) is 17.2. The highest BCUT2D eigenvalue weighted by atomic mass is 79.9. The quantitative estimate of drug-likeness (QED) is 0.324. The van der Waals surface area contributed by atoms with Crippen molar-refractivity contribution in [3.63, 3.8) is 0 Å². The summed E-state index contributed by atoms with van der Waals surface area (Å²) in [6.07, 6.45) is 0. The lowest BCUT2D eigenvalue weighted by Crippen LogP contribution is -2.28. The van der Waals surface area contributed by atoms with Gasteiger partial charge < -0.3 is 4.74 Å². The normalized spacial score (nSPS) is 13.4. The molecule has 0 saturated carbocycles. The molecule has 114 valence electrons. The first-order chi connectivity index (χ1) is 9.11. The van der Waals surface area contributed by atoms with E-state index in [1.807, 2.05) is 20.8 Å². The van der Waals surface area contributed by atoms with Crippen LogP contribution in [-0.4, -0.2) is 11.9 Å². The molecule has 1 aromatic rings. The van der Waals surface area contributed by atoms with E-state index in [9.17, 15) is 22.0 Å². The zero-order valence-corrected chi connectivity index (χ0v) is 12.8. The summed E-state index contributed by atoms with van der Waals surface area (Å²) in [7, 11) is 0. The lowest BCUT2D eigenvalue weighted by Gasteiger charge is -2.29. The standard InChI is InChI=1S/C13H14BrF5O/c1-13(2,3)6(4-14)5-20-12-10(18)8(16)7(15)9(17)11(12)19/h6H,4-5H2,1-3H3. The van der Waals surface area contributed by atoms with Crippen LogP contribution in [0.4, 0.5) is 22.0 Å². The molecule has 1 nitrogen and oxygen atoms in total. The Bertz CT molecular complexity index is 470. The zero-order chi connectivity index (χ0) is 15.7. The second kappa shape index (κ2) is 6.28. The Morgan fingerprint density at radius 1 is 0.900 bits per heavy atom. The van der Waals surface area contributed by atoms with Crippen LogP contribution in [-0.2, 0) is 0 Å². The molecule has 0 aliphatic rings. The van der Waals surface area contributed by atoms with Gasteiger partial charge in [0.05, 0.1) is 6.61 Å². The summed E-state index contributed by atoms with van der Waals surface area (Å²) < 4.78 is 70.5. The van der Waals surface area contributed by atoms with E-state index in [1.165, 1.54) is 0 Å². The SMILES string of the molecule is CC(C)(C)C(CBr)COc1c(F)c(F)c(F)c(F)c1F. The summed E-state index contributed by atoms with van der Waals surface area (Å²) in [6, 6.07) is 0. The van der Waals surface area contributed by atoms with E-state index in [4.69, 9.17) is 4.74 Å². The average molecular weight is 361 g/mol. The summed E-state index contributed by atoms with van der Waals surface area (Å²) in [5.41, 5.74) is -0.256. The molecule has 1 unspecified atom stereocenters. The van der Waals surface area contributed by atoms with Gasteiger partial charge in [0.1, 0.15) is 0 Å². The monoisotopic (exact) mass is 360 g/mol. The first-order valence-electron chi connectivity index (χ1n) is 5.81. The van der Waals surface area contributed by atoms with Gasteiger partial charge in [0.25, 0.3) is 0 Å². The van der Waals surface area contributed by atoms with Gasteiger partial charge in [0.2, 0.25) is 29.1 Å². The maximum atomic E-state index is 13.4. The van der Waals surface area contributed by atoms with Crippen molar-refractivity contribution in [3.05, 3.63) is 29.1 Å². The molecule has 0 saturated heterocycles. The van der Waals surface area contributed by atoms with Gasteiger partial charge in [-0.25, -0.2) is 13.2 Å². The molecule has 20 heavy (non-hydrogen) atoms. The largest absolute Gasteiger partial charge is 0.487 e. The fraction of sp³-hybridized carbons (Fsp3) is 0.538. The van der Waals surface area contributed by atoms with E-state index >= 15 is 0 Å². The van der Waals surface area contributed by atoms with Gasteiger partial charge in [-0.15, -0.1) is 0 Å². The van der Waals surface area contributed by atoms with E-state index in [2.05, 4.69) is 15.9 Å². The van der Waals surface area contributed by atoms with Gasteiger partial charge in [0, 0.05) is 11.2 Å². The van der Waals surface area contributed by atoms with Crippen molar-refractivity contribution in [3.8, 4) is 5.75 Å². The fourth-order valence-corrected chi connectivity index (χ4v) is 2.58. The third-order valence-electron chi connectivity index (χ3n) is 3.01. The molecule has 0 fully saturated rings. The molecular formula is C13H14BrF5O. The van der Waals surface area contributed by atoms with Crippen LogP contribution < -0.4 is 4.74 Å². The molecule has 0 aliphatic heterocycles. The Balaban J connectivity index is 3.05. The van der Waals surface area contributed by atoms with Gasteiger partial charge >= 0.3 is 0 Å². The molecule has 0 heterocycles. The van der Waals surface area contributed by atoms with Crippen molar-refractivity contribution in [2.24, 2.45) is 11.3 Å². The minimum Gasteiger partial charge on any atom is -0.487 e. The van der Waals surface area contributed by atoms with E-state index in [1.54, 1.807) is 0 Å². The molecule has 7 heteroatoms. The summed E-state index contributed by atoms with van der Waals surface area (Å²) in [5, 5.41) is 0.464. The predicted octanol–water partition coefficient (Wildman–Crippen LogP) is 4.82. The Hall–Kier alpha value is -0.850. The molecule has 0 N–H and O–H groups in total. The van der Waals surface area contributed by atoms with Crippen molar-refractivity contribution < 1.29 is 26.7 Å². The Kier molecular flexibility index (Phi) is 5.40. The third-order valence-corrected chi connectivity index (χ3v) is 3.79. The van der Waals surface area contributed by atoms with Gasteiger partial charge in [0.15, 0.2) is 5.75 Å². The topological polar surface area (TPSA) is 9.23 Å². The molecule has 0 amide bonds. The van der Waals surface area contributed by atoms with Crippen molar-refractivity contribution in [1.29, 1.82) is 0 Å². The fourth-order valence-electron chi connectivity index (χ4n) is 1.42. The second-order valence-corrected chi connectivity index (χ2v) is 6.07. The maximum Gasteiger partial charge on any atom is 0.206 e. The van der Waals surface area contributed by atoms with Crippen LogP contribution in [0.25, 0.3) is 0 Å². The summed E-state index contributed by atoms with van der Waals surface area (Å²) in [5.74, 6) is -11.5. The maximum absolute atomic E-state index is 13.4. The lowest BCUT2D eigenvalue weighted by molar-refractivity contribution is 0.153. The van der Waals surface area contributed by atoms with Gasteiger partial charge in [-0.05, 0) is 5.41 Å². The minimum atomic E-state index is -2.19. The van der Waals surface area contributed by atoms with E-state index in [0.29, 0.717) is 5.33 Å². The molecule has 0 aliphatic carbocycles. The zero-order valence-electron chi connectivity index (χ0n) is 11.2. The van der Waals surface area contributed by atoms with Gasteiger partial charge in [-0.1, -0.05) is 36.7 Å². The summed E-state index contributed by atoms with van der Waals surface area (Å²) in [4.78, 5) is 0. The molecular weight excluding hydrogens is 347 g/mol. The smallest absolute Gasteiger partial charge is 0.206 e. The third kappa shape index (κ3) is 3.42. The summed E-state index contributed by atoms with van der Waals surface area (Å²) in [6.45, 7) is 5.45. The molecule has 0 bridgehead atoms. The number of ether oxygens (including phenoxy) is 1. The van der Waals surface area contributed by atoms with Crippen molar-refractivity contribution in [2.75, 3.05) is 11.9 Å². The number of alkyl halides is 1. The Labute approximate surface area is 122 Å². The number of hydrogen-bond acceptors (Lipinski definition) is 1. The highest BCUT2D eigenvalue weighted by Crippen LogP contribution is 2.32. The second-order valence-electron chi connectivity index (χ2n) is 5.43. The number of rotatable bonds is 4. The van der Waals surface area contributed by atoms with E-state index in [-0.39, 0.29) is 17.9 Å². The minimum absolute atomic E-state index is 0.169. The van der Waals surface area contributed by atoms with Crippen LogP contribution in [0.5, 0.6) is 5.75 Å². The Morgan fingerprint density at radius 3 is 1.65 bits per heavy atom. The molecule has 1 rings (SSSR count). The first-order valence-corrected chi connectivity index (χ1v) is 6.93. The highest BCUT2D eigenvalue weighted by Gasteiger charge is 2.29. The number of halogens is 6. The summed E-state index contributed by atoms with van der Waals surface area (Å²) >= 11 is 3.23. The van der Waals surface area contributed by atoms with Gasteiger partial charge in [-0.2, -0.15) is 8.78 Å². The van der Waals surface area contributed by atoms with Crippen molar-refractivity contribution in [1.82, 2.24) is 0 Å². The van der Waals surface area contributed by atoms with Crippen LogP contribution >= 0.6 is 15.9 Å². The average Bonchev–Trinajstić information content (AvgIpc) is 2.36. The van der Waals surface area contributed by atoms with Crippen LogP contribution in [0.2, 0.25) is 0 Å². The van der Waals surface area contributed by atoms with Gasteiger partial charge in [-0.3, -0.25) is 0 Å². The van der Waals surface area contributed by atoms with Crippen molar-refractivity contribution >= 4 is 15.9 Å². The predicted molar refractivity (Wildman–Crippen MR) is 68.5 cm³/mol. The molecule has 1 atom stereocenters.